The summed E-state index contributed by atoms with van der Waals surface area (Å²) in [6.45, 7) is 3.90. The normalized spacial score (nSPS) is 18.3. The zero-order valence-electron chi connectivity index (χ0n) is 10.9. The number of amides is 1. The molecule has 1 aliphatic rings. The maximum atomic E-state index is 12.0. The van der Waals surface area contributed by atoms with E-state index in [4.69, 9.17) is 9.47 Å². The second-order valence-corrected chi connectivity index (χ2v) is 5.28. The fraction of sp³-hybridized carbons (Fsp3) is 0.500. The molecule has 104 valence electrons. The topological polar surface area (TPSA) is 47.6 Å². The van der Waals surface area contributed by atoms with E-state index in [-0.39, 0.29) is 12.0 Å². The summed E-state index contributed by atoms with van der Waals surface area (Å²) in [6, 6.07) is 5.34. The number of nitrogens with one attached hydrogen (secondary N) is 1. The van der Waals surface area contributed by atoms with E-state index in [0.29, 0.717) is 18.7 Å². The Morgan fingerprint density at radius 1 is 1.58 bits per heavy atom. The fourth-order valence-corrected chi connectivity index (χ4v) is 2.52. The van der Waals surface area contributed by atoms with Crippen molar-refractivity contribution in [3.05, 3.63) is 28.2 Å². The Kier molecular flexibility index (Phi) is 5.22. The van der Waals surface area contributed by atoms with Crippen molar-refractivity contribution in [3.8, 4) is 5.75 Å². The number of hydrogen-bond donors (Lipinski definition) is 1. The average Bonchev–Trinajstić information content (AvgIpc) is 2.91. The van der Waals surface area contributed by atoms with Crippen LogP contribution >= 0.6 is 15.9 Å². The summed E-state index contributed by atoms with van der Waals surface area (Å²) in [4.78, 5) is 12.0. The summed E-state index contributed by atoms with van der Waals surface area (Å²) in [6.07, 6.45) is 2.26. The van der Waals surface area contributed by atoms with Gasteiger partial charge in [-0.2, -0.15) is 0 Å². The molecular formula is C14H18BrNO3. The minimum absolute atomic E-state index is 0.0840. The van der Waals surface area contributed by atoms with Gasteiger partial charge in [0.05, 0.1) is 17.2 Å². The van der Waals surface area contributed by atoms with Crippen LogP contribution in [0.1, 0.15) is 30.1 Å². The molecule has 4 nitrogen and oxygen atoms in total. The summed E-state index contributed by atoms with van der Waals surface area (Å²) >= 11 is 3.40. The van der Waals surface area contributed by atoms with Gasteiger partial charge in [-0.15, -0.1) is 0 Å². The minimum Gasteiger partial charge on any atom is -0.493 e. The van der Waals surface area contributed by atoms with Gasteiger partial charge in [0.1, 0.15) is 5.75 Å². The van der Waals surface area contributed by atoms with Crippen LogP contribution in [0, 0.1) is 0 Å². The smallest absolute Gasteiger partial charge is 0.251 e. The molecule has 1 aromatic rings. The second kappa shape index (κ2) is 6.91. The fourth-order valence-electron chi connectivity index (χ4n) is 2.03. The van der Waals surface area contributed by atoms with E-state index >= 15 is 0 Å². The Balaban J connectivity index is 1.92. The molecule has 0 aromatic heterocycles. The van der Waals surface area contributed by atoms with Gasteiger partial charge in [0.2, 0.25) is 0 Å². The van der Waals surface area contributed by atoms with Crippen molar-refractivity contribution in [3.63, 3.8) is 0 Å². The van der Waals surface area contributed by atoms with E-state index < -0.39 is 0 Å². The van der Waals surface area contributed by atoms with Gasteiger partial charge in [0, 0.05) is 18.7 Å². The summed E-state index contributed by atoms with van der Waals surface area (Å²) in [5.41, 5.74) is 0.619. The van der Waals surface area contributed by atoms with Crippen LogP contribution in [-0.4, -0.2) is 31.8 Å². The highest BCUT2D eigenvalue weighted by Gasteiger charge is 2.17. The number of benzene rings is 1. The molecule has 0 bridgehead atoms. The lowest BCUT2D eigenvalue weighted by atomic mass is 10.2. The lowest BCUT2D eigenvalue weighted by Gasteiger charge is -2.12. The Morgan fingerprint density at radius 2 is 2.42 bits per heavy atom. The van der Waals surface area contributed by atoms with E-state index in [1.54, 1.807) is 18.2 Å². The van der Waals surface area contributed by atoms with Gasteiger partial charge in [0.15, 0.2) is 0 Å². The van der Waals surface area contributed by atoms with Crippen LogP contribution < -0.4 is 10.1 Å². The lowest BCUT2D eigenvalue weighted by Crippen LogP contribution is -2.31. The quantitative estimate of drug-likeness (QED) is 0.904. The van der Waals surface area contributed by atoms with Crippen molar-refractivity contribution in [1.29, 1.82) is 0 Å². The molecule has 1 atom stereocenters. The Bertz CT molecular complexity index is 444. The molecule has 5 heteroatoms. The molecular weight excluding hydrogens is 310 g/mol. The SMILES string of the molecule is CCOc1ccc(C(=O)NCC2CCCO2)cc1Br. The maximum Gasteiger partial charge on any atom is 0.251 e. The number of carbonyl (C=O) groups is 1. The van der Waals surface area contributed by atoms with Crippen LogP contribution in [0.4, 0.5) is 0 Å². The van der Waals surface area contributed by atoms with Crippen LogP contribution in [0.5, 0.6) is 5.75 Å². The van der Waals surface area contributed by atoms with Crippen LogP contribution in [0.3, 0.4) is 0 Å². The predicted molar refractivity (Wildman–Crippen MR) is 76.6 cm³/mol. The molecule has 1 saturated heterocycles. The summed E-state index contributed by atoms with van der Waals surface area (Å²) in [5.74, 6) is 0.664. The number of halogens is 1. The van der Waals surface area contributed by atoms with Gasteiger partial charge in [0.25, 0.3) is 5.91 Å². The third-order valence-corrected chi connectivity index (χ3v) is 3.63. The highest BCUT2D eigenvalue weighted by Crippen LogP contribution is 2.26. The van der Waals surface area contributed by atoms with Crippen molar-refractivity contribution in [2.45, 2.75) is 25.9 Å². The van der Waals surface area contributed by atoms with E-state index in [1.807, 2.05) is 6.92 Å². The molecule has 0 aliphatic carbocycles. The monoisotopic (exact) mass is 327 g/mol. The van der Waals surface area contributed by atoms with Gasteiger partial charge in [-0.25, -0.2) is 0 Å². The molecule has 19 heavy (non-hydrogen) atoms. The van der Waals surface area contributed by atoms with Gasteiger partial charge < -0.3 is 14.8 Å². The van der Waals surface area contributed by atoms with Crippen molar-refractivity contribution < 1.29 is 14.3 Å². The number of rotatable bonds is 5. The highest BCUT2D eigenvalue weighted by atomic mass is 79.9. The summed E-state index contributed by atoms with van der Waals surface area (Å²) in [5, 5.41) is 2.89. The Hall–Kier alpha value is -1.07. The zero-order chi connectivity index (χ0) is 13.7. The second-order valence-electron chi connectivity index (χ2n) is 4.42. The molecule has 0 spiro atoms. The first-order valence-electron chi connectivity index (χ1n) is 6.53. The van der Waals surface area contributed by atoms with E-state index in [2.05, 4.69) is 21.2 Å². The van der Waals surface area contributed by atoms with Crippen LogP contribution in [0.15, 0.2) is 22.7 Å². The zero-order valence-corrected chi connectivity index (χ0v) is 12.5. The summed E-state index contributed by atoms with van der Waals surface area (Å²) in [7, 11) is 0. The number of hydrogen-bond acceptors (Lipinski definition) is 3. The number of carbonyl (C=O) groups excluding carboxylic acids is 1. The largest absolute Gasteiger partial charge is 0.493 e. The molecule has 1 unspecified atom stereocenters. The van der Waals surface area contributed by atoms with Crippen molar-refractivity contribution in [2.75, 3.05) is 19.8 Å². The van der Waals surface area contributed by atoms with Crippen molar-refractivity contribution in [2.24, 2.45) is 0 Å². The summed E-state index contributed by atoms with van der Waals surface area (Å²) < 4.78 is 11.7. The van der Waals surface area contributed by atoms with E-state index in [0.717, 1.165) is 29.7 Å². The molecule has 1 fully saturated rings. The third-order valence-electron chi connectivity index (χ3n) is 3.01. The molecule has 1 aliphatic heterocycles. The maximum absolute atomic E-state index is 12.0. The minimum atomic E-state index is -0.0840. The van der Waals surface area contributed by atoms with Gasteiger partial charge in [-0.3, -0.25) is 4.79 Å². The molecule has 1 N–H and O–H groups in total. The molecule has 1 aromatic carbocycles. The molecule has 2 rings (SSSR count). The first kappa shape index (κ1) is 14.3. The van der Waals surface area contributed by atoms with Crippen LogP contribution in [-0.2, 0) is 4.74 Å². The van der Waals surface area contributed by atoms with Crippen molar-refractivity contribution >= 4 is 21.8 Å². The molecule has 0 radical (unpaired) electrons. The van der Waals surface area contributed by atoms with Crippen LogP contribution in [0.2, 0.25) is 0 Å². The average molecular weight is 328 g/mol. The van der Waals surface area contributed by atoms with Gasteiger partial charge in [-0.1, -0.05) is 0 Å². The predicted octanol–water partition coefficient (Wildman–Crippen LogP) is 2.76. The van der Waals surface area contributed by atoms with E-state index in [1.165, 1.54) is 0 Å². The van der Waals surface area contributed by atoms with Gasteiger partial charge in [-0.05, 0) is 53.9 Å². The number of ether oxygens (including phenoxy) is 2. The first-order valence-corrected chi connectivity index (χ1v) is 7.32. The van der Waals surface area contributed by atoms with Crippen molar-refractivity contribution in [1.82, 2.24) is 5.32 Å². The highest BCUT2D eigenvalue weighted by molar-refractivity contribution is 9.10. The molecule has 0 saturated carbocycles. The van der Waals surface area contributed by atoms with Gasteiger partial charge >= 0.3 is 0 Å². The van der Waals surface area contributed by atoms with E-state index in [9.17, 15) is 4.79 Å². The molecule has 1 heterocycles. The standard InChI is InChI=1S/C14H18BrNO3/c1-2-18-13-6-5-10(8-12(13)15)14(17)16-9-11-4-3-7-19-11/h5-6,8,11H,2-4,7,9H2,1H3,(H,16,17). The Labute approximate surface area is 121 Å². The third kappa shape index (κ3) is 3.94. The van der Waals surface area contributed by atoms with Crippen LogP contribution in [0.25, 0.3) is 0 Å². The first-order chi connectivity index (χ1) is 9.20. The molecule has 1 amide bonds. The Morgan fingerprint density at radius 3 is 3.05 bits per heavy atom. The lowest BCUT2D eigenvalue weighted by molar-refractivity contribution is 0.0857.